The van der Waals surface area contributed by atoms with E-state index in [1.807, 2.05) is 6.07 Å². The Hall–Kier alpha value is -1.97. The molecule has 30 heavy (non-hydrogen) atoms. The van der Waals surface area contributed by atoms with Crippen LogP contribution in [0.4, 0.5) is 13.2 Å². The first-order valence-electron chi connectivity index (χ1n) is 9.40. The van der Waals surface area contributed by atoms with Crippen molar-refractivity contribution in [1.82, 2.24) is 4.31 Å². The zero-order chi connectivity index (χ0) is 21.7. The van der Waals surface area contributed by atoms with Crippen LogP contribution in [0.5, 0.6) is 11.5 Å². The monoisotopic (exact) mass is 461 g/mol. The van der Waals surface area contributed by atoms with Crippen molar-refractivity contribution in [3.8, 4) is 11.5 Å². The number of rotatable bonds is 2. The summed E-state index contributed by atoms with van der Waals surface area (Å²) in [5.74, 6) is 1.17. The number of sulfonamides is 1. The molecule has 0 saturated carbocycles. The Morgan fingerprint density at radius 2 is 1.77 bits per heavy atom. The molecule has 2 aliphatic rings. The Morgan fingerprint density at radius 3 is 2.43 bits per heavy atom. The van der Waals surface area contributed by atoms with Crippen LogP contribution in [0, 0.1) is 0 Å². The maximum atomic E-state index is 13.2. The molecule has 0 spiro atoms. The highest BCUT2D eigenvalue weighted by Gasteiger charge is 2.38. The summed E-state index contributed by atoms with van der Waals surface area (Å²) >= 11 is 5.64. The number of halogens is 4. The average molecular weight is 462 g/mol. The highest BCUT2D eigenvalue weighted by molar-refractivity contribution is 7.89. The third kappa shape index (κ3) is 3.74. The number of nitrogens with zero attached hydrogens (tertiary/aromatic N) is 1. The van der Waals surface area contributed by atoms with Gasteiger partial charge in [-0.3, -0.25) is 0 Å². The predicted molar refractivity (Wildman–Crippen MR) is 105 cm³/mol. The molecule has 1 unspecified atom stereocenters. The Bertz CT molecular complexity index is 1090. The van der Waals surface area contributed by atoms with E-state index in [1.165, 1.54) is 4.31 Å². The van der Waals surface area contributed by atoms with Crippen molar-refractivity contribution in [2.45, 2.75) is 36.9 Å². The molecule has 0 radical (unpaired) electrons. The van der Waals surface area contributed by atoms with Crippen molar-refractivity contribution in [2.24, 2.45) is 0 Å². The zero-order valence-electron chi connectivity index (χ0n) is 16.0. The van der Waals surface area contributed by atoms with E-state index in [2.05, 4.69) is 0 Å². The summed E-state index contributed by atoms with van der Waals surface area (Å²) in [5.41, 5.74) is 0.510. The molecular formula is C20H19ClF3NO4S. The lowest BCUT2D eigenvalue weighted by atomic mass is 9.94. The van der Waals surface area contributed by atoms with Gasteiger partial charge < -0.3 is 9.47 Å². The van der Waals surface area contributed by atoms with Crippen molar-refractivity contribution in [2.75, 3.05) is 19.8 Å². The Balaban J connectivity index is 1.72. The Labute approximate surface area is 177 Å². The minimum absolute atomic E-state index is 0.139. The second kappa shape index (κ2) is 7.62. The maximum Gasteiger partial charge on any atom is 0.417 e. The molecule has 2 aromatic carbocycles. The third-order valence-electron chi connectivity index (χ3n) is 5.34. The molecule has 2 aromatic rings. The predicted octanol–water partition coefficient (Wildman–Crippen LogP) is 4.83. The summed E-state index contributed by atoms with van der Waals surface area (Å²) in [6.45, 7) is 2.88. The summed E-state index contributed by atoms with van der Waals surface area (Å²) in [6.07, 6.45) is -3.60. The Kier molecular flexibility index (Phi) is 5.40. The van der Waals surface area contributed by atoms with Gasteiger partial charge in [0.2, 0.25) is 10.0 Å². The van der Waals surface area contributed by atoms with E-state index in [0.29, 0.717) is 37.2 Å². The van der Waals surface area contributed by atoms with Gasteiger partial charge in [0, 0.05) is 19.0 Å². The number of hydrogen-bond donors (Lipinski definition) is 0. The quantitative estimate of drug-likeness (QED) is 0.643. The number of fused-ring (bicyclic) bond motifs is 2. The van der Waals surface area contributed by atoms with Crippen LogP contribution in [0.15, 0.2) is 35.2 Å². The molecule has 1 atom stereocenters. The molecule has 0 aliphatic carbocycles. The van der Waals surface area contributed by atoms with Gasteiger partial charge in [-0.1, -0.05) is 11.6 Å². The molecule has 2 aliphatic heterocycles. The van der Waals surface area contributed by atoms with Crippen LogP contribution in [0.1, 0.15) is 36.1 Å². The summed E-state index contributed by atoms with van der Waals surface area (Å²) in [5, 5.41) is -0.543. The summed E-state index contributed by atoms with van der Waals surface area (Å²) in [6, 6.07) is 5.70. The van der Waals surface area contributed by atoms with Gasteiger partial charge in [0.1, 0.15) is 0 Å². The zero-order valence-corrected chi connectivity index (χ0v) is 17.6. The lowest BCUT2D eigenvalue weighted by Crippen LogP contribution is -2.39. The first-order valence-corrected chi connectivity index (χ1v) is 11.2. The van der Waals surface area contributed by atoms with Gasteiger partial charge >= 0.3 is 6.18 Å². The highest BCUT2D eigenvalue weighted by Crippen LogP contribution is 2.42. The van der Waals surface area contributed by atoms with Gasteiger partial charge in [-0.25, -0.2) is 8.42 Å². The van der Waals surface area contributed by atoms with Gasteiger partial charge in [0.05, 0.1) is 28.7 Å². The van der Waals surface area contributed by atoms with Gasteiger partial charge in [-0.15, -0.1) is 0 Å². The smallest absolute Gasteiger partial charge is 0.417 e. The molecule has 5 nitrogen and oxygen atoms in total. The van der Waals surface area contributed by atoms with Crippen molar-refractivity contribution < 1.29 is 31.1 Å². The molecule has 0 N–H and O–H groups in total. The van der Waals surface area contributed by atoms with E-state index in [-0.39, 0.29) is 6.54 Å². The van der Waals surface area contributed by atoms with Crippen LogP contribution in [-0.2, 0) is 22.6 Å². The minimum Gasteiger partial charge on any atom is -0.490 e. The van der Waals surface area contributed by atoms with Crippen LogP contribution in [0.2, 0.25) is 5.02 Å². The van der Waals surface area contributed by atoms with Crippen molar-refractivity contribution in [3.05, 3.63) is 52.0 Å². The fraction of sp³-hybridized carbons (Fsp3) is 0.400. The summed E-state index contributed by atoms with van der Waals surface area (Å²) in [4.78, 5) is -0.441. The topological polar surface area (TPSA) is 55.8 Å². The van der Waals surface area contributed by atoms with E-state index >= 15 is 0 Å². The summed E-state index contributed by atoms with van der Waals surface area (Å²) < 4.78 is 78.6. The maximum absolute atomic E-state index is 13.2. The molecule has 2 heterocycles. The van der Waals surface area contributed by atoms with E-state index in [0.717, 1.165) is 29.7 Å². The molecule has 10 heteroatoms. The second-order valence-corrected chi connectivity index (χ2v) is 9.53. The SMILES string of the molecule is CC1c2cc3c(cc2CCN1S(=O)(=O)c1ccc(Cl)c(C(F)(F)F)c1)OCCCO3. The highest BCUT2D eigenvalue weighted by atomic mass is 35.5. The molecule has 0 saturated heterocycles. The standard InChI is InChI=1S/C20H19ClF3NO4S/c1-12-15-11-19-18(28-7-2-8-29-19)9-13(15)5-6-25(12)30(26,27)14-3-4-17(21)16(10-14)20(22,23)24/h3-4,9-12H,2,5-8H2,1H3. The van der Waals surface area contributed by atoms with E-state index in [4.69, 9.17) is 21.1 Å². The summed E-state index contributed by atoms with van der Waals surface area (Å²) in [7, 11) is -4.18. The Morgan fingerprint density at radius 1 is 1.10 bits per heavy atom. The number of hydrogen-bond acceptors (Lipinski definition) is 4. The fourth-order valence-electron chi connectivity index (χ4n) is 3.80. The number of benzene rings is 2. The normalized spacial score (nSPS) is 19.8. The second-order valence-electron chi connectivity index (χ2n) is 7.23. The third-order valence-corrected chi connectivity index (χ3v) is 7.64. The van der Waals surface area contributed by atoms with Crippen LogP contribution in [0.25, 0.3) is 0 Å². The first-order chi connectivity index (χ1) is 14.1. The first kappa shape index (κ1) is 21.3. The van der Waals surface area contributed by atoms with E-state index in [1.54, 1.807) is 13.0 Å². The molecule has 0 bridgehead atoms. The van der Waals surface area contributed by atoms with Crippen molar-refractivity contribution in [3.63, 3.8) is 0 Å². The lowest BCUT2D eigenvalue weighted by molar-refractivity contribution is -0.137. The van der Waals surface area contributed by atoms with Crippen LogP contribution >= 0.6 is 11.6 Å². The molecule has 0 amide bonds. The largest absolute Gasteiger partial charge is 0.490 e. The van der Waals surface area contributed by atoms with Crippen LogP contribution in [-0.4, -0.2) is 32.5 Å². The van der Waals surface area contributed by atoms with E-state index in [9.17, 15) is 21.6 Å². The van der Waals surface area contributed by atoms with Crippen molar-refractivity contribution in [1.29, 1.82) is 0 Å². The van der Waals surface area contributed by atoms with Gasteiger partial charge in [0.25, 0.3) is 0 Å². The molecular weight excluding hydrogens is 443 g/mol. The van der Waals surface area contributed by atoms with Crippen LogP contribution in [0.3, 0.4) is 0 Å². The molecule has 162 valence electrons. The van der Waals surface area contributed by atoms with Crippen LogP contribution < -0.4 is 9.47 Å². The molecule has 0 fully saturated rings. The molecule has 4 rings (SSSR count). The number of alkyl halides is 3. The molecule has 0 aromatic heterocycles. The van der Waals surface area contributed by atoms with Gasteiger partial charge in [0.15, 0.2) is 11.5 Å². The minimum atomic E-state index is -4.75. The number of ether oxygens (including phenoxy) is 2. The average Bonchev–Trinajstić information content (AvgIpc) is 2.91. The lowest BCUT2D eigenvalue weighted by Gasteiger charge is -2.34. The van der Waals surface area contributed by atoms with Crippen molar-refractivity contribution >= 4 is 21.6 Å². The fourth-order valence-corrected chi connectivity index (χ4v) is 5.66. The van der Waals surface area contributed by atoms with Gasteiger partial charge in [-0.05, 0) is 54.8 Å². The van der Waals surface area contributed by atoms with Gasteiger partial charge in [-0.2, -0.15) is 17.5 Å². The van der Waals surface area contributed by atoms with E-state index < -0.39 is 37.7 Å².